The molecule has 29 heavy (non-hydrogen) atoms. The molecule has 0 spiro atoms. The van der Waals surface area contributed by atoms with Crippen molar-refractivity contribution in [1.82, 2.24) is 9.80 Å². The van der Waals surface area contributed by atoms with Crippen molar-refractivity contribution in [3.8, 4) is 0 Å². The van der Waals surface area contributed by atoms with E-state index in [2.05, 4.69) is 5.32 Å². The summed E-state index contributed by atoms with van der Waals surface area (Å²) in [7, 11) is 1.67. The molecule has 2 rings (SSSR count). The lowest BCUT2D eigenvalue weighted by Crippen LogP contribution is -2.47. The Bertz CT molecular complexity index is 764. The Morgan fingerprint density at radius 1 is 1.07 bits per heavy atom. The lowest BCUT2D eigenvalue weighted by Gasteiger charge is -2.36. The highest BCUT2D eigenvalue weighted by Crippen LogP contribution is 2.25. The highest BCUT2D eigenvalue weighted by Gasteiger charge is 2.33. The van der Waals surface area contributed by atoms with Gasteiger partial charge >= 0.3 is 0 Å². The molecule has 1 aliphatic rings. The van der Waals surface area contributed by atoms with Crippen molar-refractivity contribution in [2.75, 3.05) is 32.0 Å². The van der Waals surface area contributed by atoms with Crippen molar-refractivity contribution in [3.63, 3.8) is 0 Å². The average Bonchev–Trinajstić information content (AvgIpc) is 2.62. The van der Waals surface area contributed by atoms with Crippen LogP contribution < -0.4 is 5.32 Å². The maximum Gasteiger partial charge on any atom is 0.243 e. The van der Waals surface area contributed by atoms with Gasteiger partial charge < -0.3 is 15.1 Å². The second kappa shape index (κ2) is 8.97. The number of nitrogens with one attached hydrogen (secondary N) is 1. The number of anilines is 1. The van der Waals surface area contributed by atoms with E-state index in [-0.39, 0.29) is 30.2 Å². The number of aryl methyl sites for hydroxylation is 3. The van der Waals surface area contributed by atoms with Crippen molar-refractivity contribution in [3.05, 3.63) is 28.8 Å². The van der Waals surface area contributed by atoms with Crippen LogP contribution in [0, 0.1) is 32.1 Å². The Labute approximate surface area is 174 Å². The van der Waals surface area contributed by atoms with Crippen LogP contribution in [-0.2, 0) is 14.4 Å². The van der Waals surface area contributed by atoms with E-state index in [1.807, 2.05) is 58.6 Å². The first kappa shape index (κ1) is 22.9. The fourth-order valence-corrected chi connectivity index (χ4v) is 3.97. The van der Waals surface area contributed by atoms with Crippen LogP contribution in [-0.4, -0.2) is 54.2 Å². The molecule has 1 saturated heterocycles. The quantitative estimate of drug-likeness (QED) is 0.842. The van der Waals surface area contributed by atoms with Gasteiger partial charge in [0.25, 0.3) is 0 Å². The number of carbonyl (C=O) groups is 3. The largest absolute Gasteiger partial charge is 0.342 e. The van der Waals surface area contributed by atoms with Crippen LogP contribution >= 0.6 is 0 Å². The molecule has 6 nitrogen and oxygen atoms in total. The molecule has 1 aromatic carbocycles. The Hall–Kier alpha value is -2.37. The SMILES string of the molecule is Cc1cc(C)c(NC(=O)CN(C)C(=O)C2CCN(C(=O)C(C)(C)C)CC2)c(C)c1. The molecule has 1 N–H and O–H groups in total. The molecule has 0 saturated carbocycles. The fraction of sp³-hybridized carbons (Fsp3) is 0.609. The molecule has 0 aliphatic carbocycles. The van der Waals surface area contributed by atoms with Gasteiger partial charge in [0.05, 0.1) is 6.54 Å². The van der Waals surface area contributed by atoms with Crippen molar-refractivity contribution in [2.45, 2.75) is 54.4 Å². The number of piperidine rings is 1. The minimum Gasteiger partial charge on any atom is -0.342 e. The normalized spacial score (nSPS) is 15.2. The van der Waals surface area contributed by atoms with E-state index >= 15 is 0 Å². The van der Waals surface area contributed by atoms with Gasteiger partial charge in [-0.05, 0) is 44.7 Å². The summed E-state index contributed by atoms with van der Waals surface area (Å²) in [5.41, 5.74) is 3.59. The lowest BCUT2D eigenvalue weighted by atomic mass is 9.90. The molecule has 0 unspecified atom stereocenters. The van der Waals surface area contributed by atoms with Gasteiger partial charge in [-0.15, -0.1) is 0 Å². The van der Waals surface area contributed by atoms with Crippen LogP contribution in [0.15, 0.2) is 12.1 Å². The number of nitrogens with zero attached hydrogens (tertiary/aromatic N) is 2. The molecule has 1 aromatic rings. The van der Waals surface area contributed by atoms with Crippen LogP contribution in [0.2, 0.25) is 0 Å². The van der Waals surface area contributed by atoms with Gasteiger partial charge in [0.15, 0.2) is 0 Å². The van der Waals surface area contributed by atoms with Gasteiger partial charge in [-0.1, -0.05) is 38.5 Å². The third kappa shape index (κ3) is 5.81. The maximum atomic E-state index is 12.8. The molecule has 160 valence electrons. The van der Waals surface area contributed by atoms with Crippen LogP contribution in [0.3, 0.4) is 0 Å². The maximum absolute atomic E-state index is 12.8. The molecule has 0 atom stereocenters. The number of carbonyl (C=O) groups excluding carboxylic acids is 3. The Morgan fingerprint density at radius 2 is 1.59 bits per heavy atom. The molecule has 1 aliphatic heterocycles. The van der Waals surface area contributed by atoms with Crippen LogP contribution in [0.1, 0.15) is 50.3 Å². The molecule has 0 aromatic heterocycles. The highest BCUT2D eigenvalue weighted by atomic mass is 16.2. The standard InChI is InChI=1S/C23H35N3O3/c1-15-12-16(2)20(17(3)13-15)24-19(27)14-25(7)21(28)18-8-10-26(11-9-18)22(29)23(4,5)6/h12-13,18H,8-11,14H2,1-7H3,(H,24,27). The van der Waals surface area contributed by atoms with E-state index in [4.69, 9.17) is 0 Å². The van der Waals surface area contributed by atoms with Crippen LogP contribution in [0.25, 0.3) is 0 Å². The van der Waals surface area contributed by atoms with E-state index < -0.39 is 5.41 Å². The van der Waals surface area contributed by atoms with Crippen molar-refractivity contribution in [2.24, 2.45) is 11.3 Å². The molecule has 0 radical (unpaired) electrons. The van der Waals surface area contributed by atoms with Crippen molar-refractivity contribution < 1.29 is 14.4 Å². The first-order chi connectivity index (χ1) is 13.4. The number of likely N-dealkylation sites (tertiary alicyclic amines) is 1. The van der Waals surface area contributed by atoms with E-state index in [9.17, 15) is 14.4 Å². The van der Waals surface area contributed by atoms with E-state index in [1.165, 1.54) is 4.90 Å². The number of amides is 3. The minimum atomic E-state index is -0.405. The molecule has 0 bridgehead atoms. The molecule has 1 fully saturated rings. The summed E-state index contributed by atoms with van der Waals surface area (Å²) in [5.74, 6) is -0.240. The summed E-state index contributed by atoms with van der Waals surface area (Å²) in [6, 6.07) is 4.06. The van der Waals surface area contributed by atoms with E-state index in [1.54, 1.807) is 7.05 Å². The third-order valence-electron chi connectivity index (χ3n) is 5.47. The zero-order chi connectivity index (χ0) is 21.9. The van der Waals surface area contributed by atoms with Crippen LogP contribution in [0.5, 0.6) is 0 Å². The number of hydrogen-bond acceptors (Lipinski definition) is 3. The number of benzene rings is 1. The van der Waals surface area contributed by atoms with E-state index in [0.717, 1.165) is 22.4 Å². The third-order valence-corrected chi connectivity index (χ3v) is 5.47. The van der Waals surface area contributed by atoms with Gasteiger partial charge in [-0.3, -0.25) is 14.4 Å². The zero-order valence-electron chi connectivity index (χ0n) is 18.9. The van der Waals surface area contributed by atoms with Gasteiger partial charge in [-0.2, -0.15) is 0 Å². The minimum absolute atomic E-state index is 0.0206. The summed E-state index contributed by atoms with van der Waals surface area (Å²) in [6.07, 6.45) is 1.28. The van der Waals surface area contributed by atoms with E-state index in [0.29, 0.717) is 25.9 Å². The summed E-state index contributed by atoms with van der Waals surface area (Å²) >= 11 is 0. The number of likely N-dealkylation sites (N-methyl/N-ethyl adjacent to an activating group) is 1. The summed E-state index contributed by atoms with van der Waals surface area (Å²) in [4.78, 5) is 41.0. The molecular formula is C23H35N3O3. The van der Waals surface area contributed by atoms with Gasteiger partial charge in [0.2, 0.25) is 17.7 Å². The monoisotopic (exact) mass is 401 g/mol. The lowest BCUT2D eigenvalue weighted by molar-refractivity contribution is -0.144. The second-order valence-electron chi connectivity index (χ2n) is 9.33. The Morgan fingerprint density at radius 3 is 2.07 bits per heavy atom. The first-order valence-electron chi connectivity index (χ1n) is 10.3. The highest BCUT2D eigenvalue weighted by molar-refractivity contribution is 5.96. The molecule has 3 amide bonds. The van der Waals surface area contributed by atoms with Gasteiger partial charge in [0, 0.05) is 37.2 Å². The summed E-state index contributed by atoms with van der Waals surface area (Å²) in [5, 5.41) is 2.95. The first-order valence-corrected chi connectivity index (χ1v) is 10.3. The number of hydrogen-bond donors (Lipinski definition) is 1. The second-order valence-corrected chi connectivity index (χ2v) is 9.33. The summed E-state index contributed by atoms with van der Waals surface area (Å²) in [6.45, 7) is 12.9. The smallest absolute Gasteiger partial charge is 0.243 e. The number of rotatable bonds is 4. The Kier molecular flexibility index (Phi) is 7.09. The topological polar surface area (TPSA) is 69.7 Å². The summed E-state index contributed by atoms with van der Waals surface area (Å²) < 4.78 is 0. The predicted octanol–water partition coefficient (Wildman–Crippen LogP) is 3.29. The Balaban J connectivity index is 1.90. The van der Waals surface area contributed by atoms with Gasteiger partial charge in [-0.25, -0.2) is 0 Å². The fourth-order valence-electron chi connectivity index (χ4n) is 3.97. The van der Waals surface area contributed by atoms with Crippen molar-refractivity contribution >= 4 is 23.4 Å². The van der Waals surface area contributed by atoms with Crippen LogP contribution in [0.4, 0.5) is 5.69 Å². The molecule has 6 heteroatoms. The average molecular weight is 402 g/mol. The predicted molar refractivity (Wildman–Crippen MR) is 116 cm³/mol. The zero-order valence-corrected chi connectivity index (χ0v) is 18.9. The van der Waals surface area contributed by atoms with Gasteiger partial charge in [0.1, 0.15) is 0 Å². The van der Waals surface area contributed by atoms with Crippen molar-refractivity contribution in [1.29, 1.82) is 0 Å². The molecular weight excluding hydrogens is 366 g/mol. The molecule has 1 heterocycles.